The molecule has 6 heteroatoms. The van der Waals surface area contributed by atoms with Gasteiger partial charge in [0.15, 0.2) is 0 Å². The Morgan fingerprint density at radius 2 is 2.05 bits per heavy atom. The second-order valence-electron chi connectivity index (χ2n) is 5.27. The summed E-state index contributed by atoms with van der Waals surface area (Å²) in [6.07, 6.45) is -3.41. The number of nitrogens with zero attached hydrogens (tertiary/aromatic N) is 2. The van der Waals surface area contributed by atoms with Crippen LogP contribution in [0.5, 0.6) is 0 Å². The molecule has 0 aromatic carbocycles. The summed E-state index contributed by atoms with van der Waals surface area (Å²) in [7, 11) is 0. The molecule has 2 heterocycles. The molecule has 0 spiro atoms. The van der Waals surface area contributed by atoms with E-state index in [4.69, 9.17) is 11.6 Å². The van der Waals surface area contributed by atoms with Crippen LogP contribution < -0.4 is 4.90 Å². The van der Waals surface area contributed by atoms with Crippen LogP contribution in [0, 0.1) is 11.8 Å². The lowest BCUT2D eigenvalue weighted by Crippen LogP contribution is -2.23. The molecular weight excluding hydrogens is 277 g/mol. The van der Waals surface area contributed by atoms with Crippen LogP contribution in [-0.4, -0.2) is 18.1 Å². The lowest BCUT2D eigenvalue weighted by atomic mass is 9.95. The Morgan fingerprint density at radius 1 is 1.37 bits per heavy atom. The minimum Gasteiger partial charge on any atom is -0.356 e. The van der Waals surface area contributed by atoms with E-state index in [1.165, 1.54) is 0 Å². The summed E-state index contributed by atoms with van der Waals surface area (Å²) in [5, 5.41) is -0.113. The Hall–Kier alpha value is -0.970. The largest absolute Gasteiger partial charge is 0.416 e. The van der Waals surface area contributed by atoms with Gasteiger partial charge in [0.1, 0.15) is 11.0 Å². The molecule has 106 valence electrons. The fourth-order valence-corrected chi connectivity index (χ4v) is 2.55. The molecule has 0 saturated carbocycles. The zero-order valence-electron chi connectivity index (χ0n) is 10.8. The van der Waals surface area contributed by atoms with Crippen LogP contribution in [0.4, 0.5) is 19.0 Å². The maximum atomic E-state index is 12.7. The predicted octanol–water partition coefficient (Wildman–Crippen LogP) is 4.24. The summed E-state index contributed by atoms with van der Waals surface area (Å²) >= 11 is 5.70. The Labute approximate surface area is 115 Å². The van der Waals surface area contributed by atoms with E-state index in [2.05, 4.69) is 18.8 Å². The standard InChI is InChI=1S/C13H16ClF3N2/c1-8(2)9-3-4-19(7-9)12-6-10(13(15,16)17)5-11(14)18-12/h5-6,8-9H,3-4,7H2,1-2H3. The Kier molecular flexibility index (Phi) is 3.95. The number of anilines is 1. The van der Waals surface area contributed by atoms with Crippen molar-refractivity contribution in [1.82, 2.24) is 4.98 Å². The average Bonchev–Trinajstić information content (AvgIpc) is 2.76. The molecule has 1 aliphatic heterocycles. The van der Waals surface area contributed by atoms with Crippen LogP contribution in [-0.2, 0) is 6.18 Å². The minimum atomic E-state index is -4.39. The van der Waals surface area contributed by atoms with Gasteiger partial charge in [-0.05, 0) is 30.4 Å². The van der Waals surface area contributed by atoms with E-state index in [0.29, 0.717) is 17.7 Å². The first-order chi connectivity index (χ1) is 8.77. The first-order valence-electron chi connectivity index (χ1n) is 6.27. The van der Waals surface area contributed by atoms with Gasteiger partial charge >= 0.3 is 6.18 Å². The average molecular weight is 293 g/mol. The van der Waals surface area contributed by atoms with Gasteiger partial charge in [-0.15, -0.1) is 0 Å². The van der Waals surface area contributed by atoms with Crippen molar-refractivity contribution in [2.45, 2.75) is 26.4 Å². The van der Waals surface area contributed by atoms with Crippen molar-refractivity contribution < 1.29 is 13.2 Å². The van der Waals surface area contributed by atoms with E-state index >= 15 is 0 Å². The molecule has 1 aromatic heterocycles. The molecule has 2 nitrogen and oxygen atoms in total. The summed E-state index contributed by atoms with van der Waals surface area (Å²) in [5.74, 6) is 1.34. The van der Waals surface area contributed by atoms with Crippen LogP contribution in [0.2, 0.25) is 5.15 Å². The molecule has 0 amide bonds. The highest BCUT2D eigenvalue weighted by Gasteiger charge is 2.33. The van der Waals surface area contributed by atoms with Gasteiger partial charge in [0.2, 0.25) is 0 Å². The molecule has 19 heavy (non-hydrogen) atoms. The molecule has 1 saturated heterocycles. The smallest absolute Gasteiger partial charge is 0.356 e. The first-order valence-corrected chi connectivity index (χ1v) is 6.65. The Bertz CT molecular complexity index is 460. The predicted molar refractivity (Wildman–Crippen MR) is 69.4 cm³/mol. The normalized spacial score (nSPS) is 20.4. The second-order valence-corrected chi connectivity index (χ2v) is 5.66. The molecule has 1 aromatic rings. The summed E-state index contributed by atoms with van der Waals surface area (Å²) < 4.78 is 38.2. The second kappa shape index (κ2) is 5.19. The number of hydrogen-bond acceptors (Lipinski definition) is 2. The number of halogens is 4. The summed E-state index contributed by atoms with van der Waals surface area (Å²) in [4.78, 5) is 5.90. The van der Waals surface area contributed by atoms with E-state index in [9.17, 15) is 13.2 Å². The van der Waals surface area contributed by atoms with Crippen molar-refractivity contribution in [1.29, 1.82) is 0 Å². The number of alkyl halides is 3. The fourth-order valence-electron chi connectivity index (χ4n) is 2.35. The van der Waals surface area contributed by atoms with Gasteiger partial charge < -0.3 is 4.90 Å². The van der Waals surface area contributed by atoms with Crippen molar-refractivity contribution in [3.05, 3.63) is 22.8 Å². The molecule has 1 aliphatic rings. The zero-order chi connectivity index (χ0) is 14.2. The Morgan fingerprint density at radius 3 is 2.58 bits per heavy atom. The highest BCUT2D eigenvalue weighted by Crippen LogP contribution is 2.34. The molecule has 1 atom stereocenters. The van der Waals surface area contributed by atoms with Crippen LogP contribution in [0.25, 0.3) is 0 Å². The molecule has 0 radical (unpaired) electrons. The quantitative estimate of drug-likeness (QED) is 0.758. The molecular formula is C13H16ClF3N2. The molecule has 0 aliphatic carbocycles. The van der Waals surface area contributed by atoms with Gasteiger partial charge in [0.05, 0.1) is 5.56 Å². The molecule has 1 unspecified atom stereocenters. The van der Waals surface area contributed by atoms with Crippen molar-refractivity contribution in [3.63, 3.8) is 0 Å². The van der Waals surface area contributed by atoms with E-state index in [1.807, 2.05) is 4.90 Å². The number of pyridine rings is 1. The van der Waals surface area contributed by atoms with Gasteiger partial charge in [-0.25, -0.2) is 4.98 Å². The molecule has 1 fully saturated rings. The van der Waals surface area contributed by atoms with Crippen LogP contribution in [0.15, 0.2) is 12.1 Å². The van der Waals surface area contributed by atoms with Gasteiger partial charge in [-0.2, -0.15) is 13.2 Å². The maximum Gasteiger partial charge on any atom is 0.416 e. The SMILES string of the molecule is CC(C)C1CCN(c2cc(C(F)(F)F)cc(Cl)n2)C1. The maximum absolute atomic E-state index is 12.7. The van der Waals surface area contributed by atoms with Crippen molar-refractivity contribution in [3.8, 4) is 0 Å². The third-order valence-corrected chi connectivity index (χ3v) is 3.79. The highest BCUT2D eigenvalue weighted by atomic mass is 35.5. The number of aromatic nitrogens is 1. The zero-order valence-corrected chi connectivity index (χ0v) is 11.6. The molecule has 0 bridgehead atoms. The highest BCUT2D eigenvalue weighted by molar-refractivity contribution is 6.29. The summed E-state index contributed by atoms with van der Waals surface area (Å²) in [6.45, 7) is 5.72. The topological polar surface area (TPSA) is 16.1 Å². The monoisotopic (exact) mass is 292 g/mol. The Balaban J connectivity index is 2.24. The van der Waals surface area contributed by atoms with Crippen LogP contribution >= 0.6 is 11.6 Å². The third-order valence-electron chi connectivity index (χ3n) is 3.60. The lowest BCUT2D eigenvalue weighted by molar-refractivity contribution is -0.137. The van der Waals surface area contributed by atoms with Gasteiger partial charge in [0.25, 0.3) is 0 Å². The van der Waals surface area contributed by atoms with Crippen molar-refractivity contribution in [2.24, 2.45) is 11.8 Å². The fraction of sp³-hybridized carbons (Fsp3) is 0.615. The number of rotatable bonds is 2. The van der Waals surface area contributed by atoms with Gasteiger partial charge in [0, 0.05) is 13.1 Å². The van der Waals surface area contributed by atoms with Crippen LogP contribution in [0.1, 0.15) is 25.8 Å². The van der Waals surface area contributed by atoms with Gasteiger partial charge in [-0.1, -0.05) is 25.4 Å². The third kappa shape index (κ3) is 3.32. The minimum absolute atomic E-state index is 0.113. The number of hydrogen-bond donors (Lipinski definition) is 0. The van der Waals surface area contributed by atoms with Crippen molar-refractivity contribution in [2.75, 3.05) is 18.0 Å². The molecule has 0 N–H and O–H groups in total. The van der Waals surface area contributed by atoms with Crippen molar-refractivity contribution >= 4 is 17.4 Å². The molecule has 2 rings (SSSR count). The summed E-state index contributed by atoms with van der Waals surface area (Å²) in [5.41, 5.74) is -0.740. The van der Waals surface area contributed by atoms with Gasteiger partial charge in [-0.3, -0.25) is 0 Å². The van der Waals surface area contributed by atoms with Crippen LogP contribution in [0.3, 0.4) is 0 Å². The van der Waals surface area contributed by atoms with E-state index < -0.39 is 11.7 Å². The summed E-state index contributed by atoms with van der Waals surface area (Å²) in [6, 6.07) is 1.94. The van der Waals surface area contributed by atoms with E-state index in [0.717, 1.165) is 31.6 Å². The lowest BCUT2D eigenvalue weighted by Gasteiger charge is -2.20. The van der Waals surface area contributed by atoms with E-state index in [-0.39, 0.29) is 5.15 Å². The van der Waals surface area contributed by atoms with E-state index in [1.54, 1.807) is 0 Å². The first kappa shape index (κ1) is 14.4.